The Labute approximate surface area is 107 Å². The average Bonchev–Trinajstić information content (AvgIpc) is 2.84. The van der Waals surface area contributed by atoms with Gasteiger partial charge in [-0.1, -0.05) is 16.8 Å². The second kappa shape index (κ2) is 5.56. The van der Waals surface area contributed by atoms with E-state index < -0.39 is 4.92 Å². The van der Waals surface area contributed by atoms with Crippen LogP contribution in [-0.2, 0) is 13.1 Å². The molecule has 1 aromatic heterocycles. The minimum absolute atomic E-state index is 0.0260. The smallest absolute Gasteiger partial charge is 0.270 e. The van der Waals surface area contributed by atoms with Gasteiger partial charge in [0.1, 0.15) is 0 Å². The molecular weight excluding hydrogens is 260 g/mol. The third kappa shape index (κ3) is 3.02. The molecule has 0 aliphatic heterocycles. The Bertz CT molecular complexity index is 544. The van der Waals surface area contributed by atoms with E-state index in [2.05, 4.69) is 20.0 Å². The number of benzene rings is 1. The van der Waals surface area contributed by atoms with Crippen molar-refractivity contribution >= 4 is 17.3 Å². The number of nitrogens with zero attached hydrogens (tertiary/aromatic N) is 3. The Morgan fingerprint density at radius 3 is 2.89 bits per heavy atom. The van der Waals surface area contributed by atoms with Crippen LogP contribution in [0, 0.1) is 10.1 Å². The van der Waals surface area contributed by atoms with E-state index in [9.17, 15) is 10.1 Å². The van der Waals surface area contributed by atoms with Gasteiger partial charge < -0.3 is 9.84 Å². The summed E-state index contributed by atoms with van der Waals surface area (Å²) in [5, 5.41) is 17.6. The number of halogens is 1. The van der Waals surface area contributed by atoms with Gasteiger partial charge in [-0.05, 0) is 11.6 Å². The Morgan fingerprint density at radius 2 is 2.28 bits per heavy atom. The molecule has 0 atom stereocenters. The van der Waals surface area contributed by atoms with Gasteiger partial charge in [-0.2, -0.15) is 4.98 Å². The fourth-order valence-corrected chi connectivity index (χ4v) is 1.61. The fourth-order valence-electron chi connectivity index (χ4n) is 1.37. The molecule has 2 rings (SSSR count). The summed E-state index contributed by atoms with van der Waals surface area (Å²) in [4.78, 5) is 13.9. The second-order valence-electron chi connectivity index (χ2n) is 3.48. The molecule has 94 valence electrons. The Hall–Kier alpha value is -1.99. The molecular formula is C10H9ClN4O3. The highest BCUT2D eigenvalue weighted by molar-refractivity contribution is 6.31. The van der Waals surface area contributed by atoms with Gasteiger partial charge >= 0.3 is 0 Å². The van der Waals surface area contributed by atoms with Gasteiger partial charge in [-0.15, -0.1) is 0 Å². The van der Waals surface area contributed by atoms with Crippen LogP contribution in [0.15, 0.2) is 29.1 Å². The minimum Gasteiger partial charge on any atom is -0.343 e. The van der Waals surface area contributed by atoms with Crippen molar-refractivity contribution in [3.8, 4) is 0 Å². The van der Waals surface area contributed by atoms with Crippen LogP contribution in [-0.4, -0.2) is 15.1 Å². The van der Waals surface area contributed by atoms with Gasteiger partial charge in [-0.25, -0.2) is 0 Å². The van der Waals surface area contributed by atoms with Crippen molar-refractivity contribution in [3.63, 3.8) is 0 Å². The summed E-state index contributed by atoms with van der Waals surface area (Å²) in [6.07, 6.45) is 1.25. The van der Waals surface area contributed by atoms with Crippen molar-refractivity contribution in [1.29, 1.82) is 0 Å². The van der Waals surface area contributed by atoms with E-state index in [4.69, 9.17) is 11.6 Å². The van der Waals surface area contributed by atoms with Crippen LogP contribution in [0.2, 0.25) is 5.02 Å². The Balaban J connectivity index is 1.95. The zero-order chi connectivity index (χ0) is 13.0. The zero-order valence-corrected chi connectivity index (χ0v) is 9.92. The molecule has 18 heavy (non-hydrogen) atoms. The van der Waals surface area contributed by atoms with Gasteiger partial charge in [0.25, 0.3) is 5.69 Å². The number of hydrogen-bond acceptors (Lipinski definition) is 6. The molecule has 2 aromatic rings. The summed E-state index contributed by atoms with van der Waals surface area (Å²) >= 11 is 5.94. The Kier molecular flexibility index (Phi) is 3.85. The summed E-state index contributed by atoms with van der Waals surface area (Å²) in [5.41, 5.74) is 0.743. The largest absolute Gasteiger partial charge is 0.343 e. The van der Waals surface area contributed by atoms with E-state index in [1.54, 1.807) is 6.07 Å². The van der Waals surface area contributed by atoms with E-state index in [-0.39, 0.29) is 5.69 Å². The highest BCUT2D eigenvalue weighted by atomic mass is 35.5. The van der Waals surface area contributed by atoms with Crippen LogP contribution in [0.4, 0.5) is 5.69 Å². The maximum absolute atomic E-state index is 10.5. The molecule has 0 bridgehead atoms. The van der Waals surface area contributed by atoms with Gasteiger partial charge in [0.15, 0.2) is 5.82 Å². The summed E-state index contributed by atoms with van der Waals surface area (Å²) < 4.78 is 4.58. The highest BCUT2D eigenvalue weighted by Crippen LogP contribution is 2.22. The molecule has 0 amide bonds. The molecule has 0 aliphatic carbocycles. The Morgan fingerprint density at radius 1 is 1.44 bits per heavy atom. The number of nitrogens with one attached hydrogen (secondary N) is 1. The van der Waals surface area contributed by atoms with Crippen molar-refractivity contribution in [2.24, 2.45) is 0 Å². The van der Waals surface area contributed by atoms with Crippen LogP contribution in [0.3, 0.4) is 0 Å². The topological polar surface area (TPSA) is 94.1 Å². The monoisotopic (exact) mass is 268 g/mol. The van der Waals surface area contributed by atoms with E-state index in [0.717, 1.165) is 5.56 Å². The standard InChI is InChI=1S/C10H9ClN4O3/c11-9-3-8(15(16)17)2-1-7(9)4-12-5-10-13-6-18-14-10/h1-3,6,12H,4-5H2. The number of nitro benzene ring substituents is 1. The number of nitro groups is 1. The van der Waals surface area contributed by atoms with Gasteiger partial charge in [0.2, 0.25) is 6.39 Å². The van der Waals surface area contributed by atoms with Gasteiger partial charge in [0.05, 0.1) is 16.5 Å². The number of rotatable bonds is 5. The summed E-state index contributed by atoms with van der Waals surface area (Å²) in [6.45, 7) is 0.898. The predicted molar refractivity (Wildman–Crippen MR) is 62.9 cm³/mol. The fraction of sp³-hybridized carbons (Fsp3) is 0.200. The van der Waals surface area contributed by atoms with Crippen molar-refractivity contribution in [2.75, 3.05) is 0 Å². The molecule has 0 aliphatic rings. The lowest BCUT2D eigenvalue weighted by Gasteiger charge is -2.04. The quantitative estimate of drug-likeness (QED) is 0.658. The number of non-ortho nitro benzene ring substituents is 1. The lowest BCUT2D eigenvalue weighted by atomic mass is 10.2. The first kappa shape index (κ1) is 12.5. The third-order valence-corrected chi connectivity index (χ3v) is 2.60. The average molecular weight is 269 g/mol. The third-order valence-electron chi connectivity index (χ3n) is 2.25. The van der Waals surface area contributed by atoms with Crippen LogP contribution in [0.1, 0.15) is 11.4 Å². The van der Waals surface area contributed by atoms with Crippen LogP contribution < -0.4 is 5.32 Å². The van der Waals surface area contributed by atoms with Crippen molar-refractivity contribution in [2.45, 2.75) is 13.1 Å². The second-order valence-corrected chi connectivity index (χ2v) is 3.89. The molecule has 0 unspecified atom stereocenters. The maximum atomic E-state index is 10.5. The van der Waals surface area contributed by atoms with E-state index in [1.165, 1.54) is 18.5 Å². The summed E-state index contributed by atoms with van der Waals surface area (Å²) in [7, 11) is 0. The maximum Gasteiger partial charge on any atom is 0.270 e. The first-order valence-electron chi connectivity index (χ1n) is 5.05. The van der Waals surface area contributed by atoms with Gasteiger partial charge in [0, 0.05) is 18.7 Å². The first-order valence-corrected chi connectivity index (χ1v) is 5.43. The first-order chi connectivity index (χ1) is 8.66. The van der Waals surface area contributed by atoms with Crippen LogP contribution >= 0.6 is 11.6 Å². The van der Waals surface area contributed by atoms with E-state index >= 15 is 0 Å². The molecule has 7 nitrogen and oxygen atoms in total. The molecule has 0 fully saturated rings. The van der Waals surface area contributed by atoms with Crippen molar-refractivity contribution in [3.05, 3.63) is 51.1 Å². The van der Waals surface area contributed by atoms with Crippen LogP contribution in [0.25, 0.3) is 0 Å². The zero-order valence-electron chi connectivity index (χ0n) is 9.17. The summed E-state index contributed by atoms with van der Waals surface area (Å²) in [6, 6.07) is 4.36. The molecule has 0 saturated heterocycles. The van der Waals surface area contributed by atoms with E-state index in [1.807, 2.05) is 0 Å². The number of aromatic nitrogens is 2. The molecule has 8 heteroatoms. The van der Waals surface area contributed by atoms with Crippen molar-refractivity contribution < 1.29 is 9.45 Å². The minimum atomic E-state index is -0.484. The van der Waals surface area contributed by atoms with E-state index in [0.29, 0.717) is 23.9 Å². The SMILES string of the molecule is O=[N+]([O-])c1ccc(CNCc2ncon2)c(Cl)c1. The number of hydrogen-bond donors (Lipinski definition) is 1. The lowest BCUT2D eigenvalue weighted by Crippen LogP contribution is -2.14. The molecule has 1 N–H and O–H groups in total. The predicted octanol–water partition coefficient (Wildman–Crippen LogP) is 1.92. The summed E-state index contributed by atoms with van der Waals surface area (Å²) in [5.74, 6) is 0.535. The highest BCUT2D eigenvalue weighted by Gasteiger charge is 2.09. The van der Waals surface area contributed by atoms with Gasteiger partial charge in [-0.3, -0.25) is 10.1 Å². The van der Waals surface area contributed by atoms with Crippen LogP contribution in [0.5, 0.6) is 0 Å². The molecule has 0 saturated carbocycles. The van der Waals surface area contributed by atoms with Crippen molar-refractivity contribution in [1.82, 2.24) is 15.5 Å². The molecule has 0 spiro atoms. The lowest BCUT2D eigenvalue weighted by molar-refractivity contribution is -0.384. The molecule has 1 heterocycles. The molecule has 0 radical (unpaired) electrons. The molecule has 1 aromatic carbocycles. The normalized spacial score (nSPS) is 10.5.